The third-order valence-corrected chi connectivity index (χ3v) is 5.62. The number of aromatic nitrogens is 2. The van der Waals surface area contributed by atoms with Crippen molar-refractivity contribution in [1.82, 2.24) is 14.5 Å². The number of hydrogen-bond donors (Lipinski definition) is 1. The van der Waals surface area contributed by atoms with E-state index in [2.05, 4.69) is 10.3 Å². The summed E-state index contributed by atoms with van der Waals surface area (Å²) in [6.45, 7) is 2.36. The highest BCUT2D eigenvalue weighted by Crippen LogP contribution is 2.24. The summed E-state index contributed by atoms with van der Waals surface area (Å²) < 4.78 is 7.01. The molecular formula is C28H28N4O3. The zero-order chi connectivity index (χ0) is 24.6. The first-order valence-corrected chi connectivity index (χ1v) is 11.4. The van der Waals surface area contributed by atoms with Crippen molar-refractivity contribution >= 4 is 17.8 Å². The standard InChI is InChI=1S/C28H28N4O3/c1-21-11-9-10-16-24(21)27(34)31(17-18-35-2)20-26(33)30-28-29-25(22-12-5-3-6-13-22)19-32(28)23-14-7-4-8-15-23/h3-16,19H,17-18,20H2,1-2H3,(H,29,30,33). The van der Waals surface area contributed by atoms with Crippen LogP contribution in [0.3, 0.4) is 0 Å². The molecule has 0 spiro atoms. The van der Waals surface area contributed by atoms with Crippen molar-refractivity contribution < 1.29 is 14.3 Å². The fourth-order valence-corrected chi connectivity index (χ4v) is 3.78. The fraction of sp³-hybridized carbons (Fsp3) is 0.179. The molecule has 0 saturated heterocycles. The molecule has 0 fully saturated rings. The molecule has 35 heavy (non-hydrogen) atoms. The molecule has 0 saturated carbocycles. The number of carbonyl (C=O) groups is 2. The van der Waals surface area contributed by atoms with E-state index in [1.54, 1.807) is 13.2 Å². The van der Waals surface area contributed by atoms with Gasteiger partial charge in [0.15, 0.2) is 0 Å². The van der Waals surface area contributed by atoms with Gasteiger partial charge in [-0.2, -0.15) is 0 Å². The van der Waals surface area contributed by atoms with E-state index in [-0.39, 0.29) is 18.4 Å². The summed E-state index contributed by atoms with van der Waals surface area (Å²) in [5.41, 5.74) is 3.96. The third-order valence-electron chi connectivity index (χ3n) is 5.62. The van der Waals surface area contributed by atoms with E-state index in [1.165, 1.54) is 4.90 Å². The van der Waals surface area contributed by atoms with Gasteiger partial charge in [-0.3, -0.25) is 19.5 Å². The number of benzene rings is 3. The van der Waals surface area contributed by atoms with Crippen LogP contribution in [0.25, 0.3) is 16.9 Å². The van der Waals surface area contributed by atoms with Gasteiger partial charge in [0.2, 0.25) is 11.9 Å². The molecule has 0 aliphatic carbocycles. The Morgan fingerprint density at radius 1 is 0.943 bits per heavy atom. The highest BCUT2D eigenvalue weighted by Gasteiger charge is 2.21. The zero-order valence-corrected chi connectivity index (χ0v) is 19.8. The highest BCUT2D eigenvalue weighted by atomic mass is 16.5. The van der Waals surface area contributed by atoms with Crippen LogP contribution in [0.15, 0.2) is 91.1 Å². The molecule has 4 aromatic rings. The molecule has 7 heteroatoms. The number of nitrogens with zero attached hydrogens (tertiary/aromatic N) is 3. The van der Waals surface area contributed by atoms with Crippen molar-refractivity contribution in [3.05, 3.63) is 102 Å². The van der Waals surface area contributed by atoms with Gasteiger partial charge in [0, 0.05) is 36.7 Å². The van der Waals surface area contributed by atoms with Crippen LogP contribution >= 0.6 is 0 Å². The first-order chi connectivity index (χ1) is 17.1. The molecule has 3 aromatic carbocycles. The lowest BCUT2D eigenvalue weighted by atomic mass is 10.1. The van der Waals surface area contributed by atoms with Crippen LogP contribution in [-0.2, 0) is 9.53 Å². The Morgan fingerprint density at radius 2 is 1.60 bits per heavy atom. The van der Waals surface area contributed by atoms with Crippen molar-refractivity contribution in [2.75, 3.05) is 32.1 Å². The van der Waals surface area contributed by atoms with Gasteiger partial charge in [-0.05, 0) is 30.7 Å². The number of hydrogen-bond acceptors (Lipinski definition) is 4. The number of rotatable bonds is 9. The summed E-state index contributed by atoms with van der Waals surface area (Å²) in [7, 11) is 1.57. The molecule has 2 amide bonds. The first kappa shape index (κ1) is 23.9. The summed E-state index contributed by atoms with van der Waals surface area (Å²) in [6.07, 6.45) is 1.89. The second kappa shape index (κ2) is 11.3. The lowest BCUT2D eigenvalue weighted by Crippen LogP contribution is -2.40. The van der Waals surface area contributed by atoms with Crippen molar-refractivity contribution in [2.45, 2.75) is 6.92 Å². The number of para-hydroxylation sites is 1. The van der Waals surface area contributed by atoms with Crippen LogP contribution in [0.1, 0.15) is 15.9 Å². The number of anilines is 1. The second-order valence-electron chi connectivity index (χ2n) is 8.10. The van der Waals surface area contributed by atoms with Crippen molar-refractivity contribution in [3.8, 4) is 16.9 Å². The van der Waals surface area contributed by atoms with E-state index < -0.39 is 0 Å². The summed E-state index contributed by atoms with van der Waals surface area (Å²) in [5, 5.41) is 2.91. The summed E-state index contributed by atoms with van der Waals surface area (Å²) >= 11 is 0. The monoisotopic (exact) mass is 468 g/mol. The summed E-state index contributed by atoms with van der Waals surface area (Å²) in [6, 6.07) is 26.8. The van der Waals surface area contributed by atoms with Crippen LogP contribution in [-0.4, -0.2) is 53.1 Å². The van der Waals surface area contributed by atoms with Gasteiger partial charge in [-0.15, -0.1) is 0 Å². The minimum absolute atomic E-state index is 0.126. The predicted octanol–water partition coefficient (Wildman–Crippen LogP) is 4.58. The normalized spacial score (nSPS) is 10.7. The van der Waals surface area contributed by atoms with Crippen LogP contribution < -0.4 is 5.32 Å². The smallest absolute Gasteiger partial charge is 0.254 e. The number of methoxy groups -OCH3 is 1. The number of aryl methyl sites for hydroxylation is 1. The summed E-state index contributed by atoms with van der Waals surface area (Å²) in [5.74, 6) is -0.174. The second-order valence-corrected chi connectivity index (χ2v) is 8.10. The van der Waals surface area contributed by atoms with Crippen LogP contribution in [0.4, 0.5) is 5.95 Å². The Kier molecular flexibility index (Phi) is 7.70. The Hall–Kier alpha value is -4.23. The number of nitrogens with one attached hydrogen (secondary N) is 1. The van der Waals surface area contributed by atoms with E-state index >= 15 is 0 Å². The van der Waals surface area contributed by atoms with Gasteiger partial charge in [0.25, 0.3) is 5.91 Å². The van der Waals surface area contributed by atoms with Crippen molar-refractivity contribution in [2.24, 2.45) is 0 Å². The molecule has 4 rings (SSSR count). The van der Waals surface area contributed by atoms with E-state index in [0.717, 1.165) is 22.5 Å². The van der Waals surface area contributed by atoms with Crippen LogP contribution in [0.2, 0.25) is 0 Å². The van der Waals surface area contributed by atoms with Gasteiger partial charge in [0.05, 0.1) is 12.3 Å². The molecule has 7 nitrogen and oxygen atoms in total. The topological polar surface area (TPSA) is 76.5 Å². The predicted molar refractivity (Wildman–Crippen MR) is 137 cm³/mol. The van der Waals surface area contributed by atoms with Crippen molar-refractivity contribution in [1.29, 1.82) is 0 Å². The lowest BCUT2D eigenvalue weighted by molar-refractivity contribution is -0.117. The molecular weight excluding hydrogens is 440 g/mol. The van der Waals surface area contributed by atoms with Crippen LogP contribution in [0, 0.1) is 6.92 Å². The van der Waals surface area contributed by atoms with Crippen LogP contribution in [0.5, 0.6) is 0 Å². The van der Waals surface area contributed by atoms with Gasteiger partial charge in [-0.25, -0.2) is 4.98 Å². The van der Waals surface area contributed by atoms with Crippen molar-refractivity contribution in [3.63, 3.8) is 0 Å². The Balaban J connectivity index is 1.59. The summed E-state index contributed by atoms with van der Waals surface area (Å²) in [4.78, 5) is 32.5. The Labute approximate surface area is 205 Å². The maximum absolute atomic E-state index is 13.2. The van der Waals surface area contributed by atoms with E-state index in [1.807, 2.05) is 96.6 Å². The molecule has 1 N–H and O–H groups in total. The number of ether oxygens (including phenoxy) is 1. The van der Waals surface area contributed by atoms with Gasteiger partial charge in [-0.1, -0.05) is 66.7 Å². The Bertz CT molecular complexity index is 1290. The largest absolute Gasteiger partial charge is 0.383 e. The number of imidazole rings is 1. The molecule has 1 heterocycles. The lowest BCUT2D eigenvalue weighted by Gasteiger charge is -2.22. The maximum atomic E-state index is 13.2. The first-order valence-electron chi connectivity index (χ1n) is 11.4. The molecule has 0 aliphatic heterocycles. The maximum Gasteiger partial charge on any atom is 0.254 e. The van der Waals surface area contributed by atoms with E-state index in [0.29, 0.717) is 24.7 Å². The highest BCUT2D eigenvalue weighted by molar-refractivity contribution is 6.00. The minimum Gasteiger partial charge on any atom is -0.383 e. The fourth-order valence-electron chi connectivity index (χ4n) is 3.78. The Morgan fingerprint density at radius 3 is 2.29 bits per heavy atom. The average Bonchev–Trinajstić information content (AvgIpc) is 3.31. The van der Waals surface area contributed by atoms with Gasteiger partial charge < -0.3 is 9.64 Å². The quantitative estimate of drug-likeness (QED) is 0.390. The third kappa shape index (κ3) is 5.83. The molecule has 0 unspecified atom stereocenters. The molecule has 0 bridgehead atoms. The van der Waals surface area contributed by atoms with E-state index in [9.17, 15) is 9.59 Å². The number of carbonyl (C=O) groups excluding carboxylic acids is 2. The minimum atomic E-state index is -0.342. The number of amides is 2. The molecule has 0 atom stereocenters. The molecule has 0 radical (unpaired) electrons. The molecule has 178 valence electrons. The molecule has 1 aromatic heterocycles. The van der Waals surface area contributed by atoms with Gasteiger partial charge in [0.1, 0.15) is 6.54 Å². The van der Waals surface area contributed by atoms with E-state index in [4.69, 9.17) is 4.74 Å². The average molecular weight is 469 g/mol. The SMILES string of the molecule is COCCN(CC(=O)Nc1nc(-c2ccccc2)cn1-c1ccccc1)C(=O)c1ccccc1C. The zero-order valence-electron chi connectivity index (χ0n) is 19.8. The molecule has 0 aliphatic rings. The van der Waals surface area contributed by atoms with Gasteiger partial charge >= 0.3 is 0 Å².